The predicted molar refractivity (Wildman–Crippen MR) is 51.4 cm³/mol. The number of aromatic hydroxyl groups is 1. The third kappa shape index (κ3) is 1.21. The zero-order chi connectivity index (χ0) is 8.39. The minimum Gasteiger partial charge on any atom is -0.507 e. The molecule has 0 fully saturated rings. The lowest BCUT2D eigenvalue weighted by Gasteiger charge is -1.99. The molecule has 1 heterocycles. The van der Waals surface area contributed by atoms with Crippen molar-refractivity contribution in [3.8, 4) is 16.9 Å². The van der Waals surface area contributed by atoms with Crippen LogP contribution in [0.3, 0.4) is 0 Å². The van der Waals surface area contributed by atoms with Crippen molar-refractivity contribution in [1.29, 1.82) is 0 Å². The van der Waals surface area contributed by atoms with Crippen molar-refractivity contribution in [1.82, 2.24) is 0 Å². The van der Waals surface area contributed by atoms with Crippen LogP contribution in [0.5, 0.6) is 5.75 Å². The predicted octanol–water partition coefficient (Wildman–Crippen LogP) is 3.12. The van der Waals surface area contributed by atoms with Crippen LogP contribution < -0.4 is 0 Å². The van der Waals surface area contributed by atoms with Gasteiger partial charge in [0.25, 0.3) is 0 Å². The Kier molecular flexibility index (Phi) is 1.84. The third-order valence-electron chi connectivity index (χ3n) is 1.74. The first-order valence-electron chi connectivity index (χ1n) is 3.68. The molecule has 0 unspecified atom stereocenters. The fraction of sp³-hybridized carbons (Fsp3) is 0. The van der Waals surface area contributed by atoms with Gasteiger partial charge in [-0.1, -0.05) is 18.2 Å². The summed E-state index contributed by atoms with van der Waals surface area (Å²) in [5.74, 6) is 0.343. The Balaban J connectivity index is 2.55. The maximum absolute atomic E-state index is 9.49. The molecule has 12 heavy (non-hydrogen) atoms. The van der Waals surface area contributed by atoms with Crippen LogP contribution in [0.15, 0.2) is 41.1 Å². The second kappa shape index (κ2) is 2.99. The summed E-state index contributed by atoms with van der Waals surface area (Å²) in [4.78, 5) is 0. The van der Waals surface area contributed by atoms with Gasteiger partial charge in [0.15, 0.2) is 0 Å². The van der Waals surface area contributed by atoms with Gasteiger partial charge in [-0.2, -0.15) is 11.3 Å². The molecule has 1 aromatic carbocycles. The van der Waals surface area contributed by atoms with Crippen LogP contribution in [0, 0.1) is 0 Å². The van der Waals surface area contributed by atoms with E-state index in [2.05, 4.69) is 0 Å². The molecule has 0 aliphatic rings. The van der Waals surface area contributed by atoms with Crippen molar-refractivity contribution in [2.24, 2.45) is 0 Å². The lowest BCUT2D eigenvalue weighted by molar-refractivity contribution is 0.477. The molecule has 1 nitrogen and oxygen atoms in total. The average Bonchev–Trinajstić information content (AvgIpc) is 2.57. The van der Waals surface area contributed by atoms with Gasteiger partial charge in [-0.3, -0.25) is 0 Å². The minimum absolute atomic E-state index is 0.343. The van der Waals surface area contributed by atoms with Crippen LogP contribution in [-0.2, 0) is 0 Å². The number of hydrogen-bond donors (Lipinski definition) is 1. The standard InChI is InChI=1S/C10H8OS/c11-10-4-2-1-3-9(10)8-5-6-12-7-8/h1-7,11H. The number of benzene rings is 1. The fourth-order valence-electron chi connectivity index (χ4n) is 1.14. The van der Waals surface area contributed by atoms with Gasteiger partial charge in [0.05, 0.1) is 0 Å². The van der Waals surface area contributed by atoms with Gasteiger partial charge in [-0.25, -0.2) is 0 Å². The number of para-hydroxylation sites is 1. The van der Waals surface area contributed by atoms with Crippen molar-refractivity contribution in [3.05, 3.63) is 41.1 Å². The number of thiophene rings is 1. The zero-order valence-corrected chi connectivity index (χ0v) is 7.21. The summed E-state index contributed by atoms with van der Waals surface area (Å²) >= 11 is 1.63. The van der Waals surface area contributed by atoms with Crippen LogP contribution in [0.2, 0.25) is 0 Å². The Morgan fingerprint density at radius 1 is 1.08 bits per heavy atom. The Hall–Kier alpha value is -1.28. The van der Waals surface area contributed by atoms with E-state index in [0.717, 1.165) is 11.1 Å². The largest absolute Gasteiger partial charge is 0.507 e. The molecule has 0 saturated carbocycles. The highest BCUT2D eigenvalue weighted by Crippen LogP contribution is 2.29. The summed E-state index contributed by atoms with van der Waals surface area (Å²) in [6, 6.07) is 9.36. The number of phenolic OH excluding ortho intramolecular Hbond substituents is 1. The van der Waals surface area contributed by atoms with Crippen molar-refractivity contribution in [2.75, 3.05) is 0 Å². The SMILES string of the molecule is Oc1ccccc1-c1ccsc1. The molecule has 2 heteroatoms. The number of rotatable bonds is 1. The smallest absolute Gasteiger partial charge is 0.123 e. The molecule has 0 bridgehead atoms. The summed E-state index contributed by atoms with van der Waals surface area (Å²) in [6.07, 6.45) is 0. The normalized spacial score (nSPS) is 10.0. The third-order valence-corrected chi connectivity index (χ3v) is 2.42. The number of hydrogen-bond acceptors (Lipinski definition) is 2. The van der Waals surface area contributed by atoms with Crippen molar-refractivity contribution in [2.45, 2.75) is 0 Å². The van der Waals surface area contributed by atoms with Gasteiger partial charge in [0.2, 0.25) is 0 Å². The molecule has 1 N–H and O–H groups in total. The van der Waals surface area contributed by atoms with E-state index in [4.69, 9.17) is 0 Å². The molecule has 0 atom stereocenters. The molecule has 0 spiro atoms. The van der Waals surface area contributed by atoms with Crippen LogP contribution in [-0.4, -0.2) is 5.11 Å². The van der Waals surface area contributed by atoms with Gasteiger partial charge in [0, 0.05) is 5.56 Å². The van der Waals surface area contributed by atoms with E-state index in [1.165, 1.54) is 0 Å². The summed E-state index contributed by atoms with van der Waals surface area (Å²) in [6.45, 7) is 0. The monoisotopic (exact) mass is 176 g/mol. The maximum atomic E-state index is 9.49. The quantitative estimate of drug-likeness (QED) is 0.707. The molecular weight excluding hydrogens is 168 g/mol. The van der Waals surface area contributed by atoms with Gasteiger partial charge in [0.1, 0.15) is 5.75 Å². The molecule has 0 aliphatic carbocycles. The maximum Gasteiger partial charge on any atom is 0.123 e. The molecule has 1 aromatic heterocycles. The highest BCUT2D eigenvalue weighted by Gasteiger charge is 2.01. The van der Waals surface area contributed by atoms with Gasteiger partial charge in [-0.05, 0) is 28.5 Å². The van der Waals surface area contributed by atoms with E-state index in [9.17, 15) is 5.11 Å². The molecule has 60 valence electrons. The Morgan fingerprint density at radius 2 is 1.92 bits per heavy atom. The van der Waals surface area contributed by atoms with Crippen molar-refractivity contribution < 1.29 is 5.11 Å². The summed E-state index contributed by atoms with van der Waals surface area (Å²) in [5.41, 5.74) is 1.98. The highest BCUT2D eigenvalue weighted by molar-refractivity contribution is 7.08. The first kappa shape index (κ1) is 7.37. The molecule has 2 aromatic rings. The van der Waals surface area contributed by atoms with Crippen LogP contribution >= 0.6 is 11.3 Å². The van der Waals surface area contributed by atoms with E-state index in [-0.39, 0.29) is 0 Å². The van der Waals surface area contributed by atoms with Gasteiger partial charge in [-0.15, -0.1) is 0 Å². The van der Waals surface area contributed by atoms with Crippen molar-refractivity contribution in [3.63, 3.8) is 0 Å². The summed E-state index contributed by atoms with van der Waals surface area (Å²) in [5, 5.41) is 13.5. The van der Waals surface area contributed by atoms with Crippen molar-refractivity contribution >= 4 is 11.3 Å². The Bertz CT molecular complexity index is 365. The van der Waals surface area contributed by atoms with E-state index < -0.39 is 0 Å². The fourth-order valence-corrected chi connectivity index (χ4v) is 1.79. The van der Waals surface area contributed by atoms with E-state index in [1.54, 1.807) is 17.4 Å². The molecule has 2 rings (SSSR count). The van der Waals surface area contributed by atoms with Gasteiger partial charge < -0.3 is 5.11 Å². The zero-order valence-electron chi connectivity index (χ0n) is 6.40. The number of phenols is 1. The Morgan fingerprint density at radius 3 is 2.58 bits per heavy atom. The minimum atomic E-state index is 0.343. The highest BCUT2D eigenvalue weighted by atomic mass is 32.1. The summed E-state index contributed by atoms with van der Waals surface area (Å²) in [7, 11) is 0. The first-order chi connectivity index (χ1) is 5.88. The van der Waals surface area contributed by atoms with E-state index >= 15 is 0 Å². The molecule has 0 radical (unpaired) electrons. The second-order valence-corrected chi connectivity index (χ2v) is 3.31. The molecule has 0 saturated heterocycles. The topological polar surface area (TPSA) is 20.2 Å². The Labute approximate surface area is 74.9 Å². The average molecular weight is 176 g/mol. The lowest BCUT2D eigenvalue weighted by atomic mass is 10.1. The van der Waals surface area contributed by atoms with E-state index in [0.29, 0.717) is 5.75 Å². The van der Waals surface area contributed by atoms with E-state index in [1.807, 2.05) is 35.0 Å². The molecular formula is C10H8OS. The van der Waals surface area contributed by atoms with Gasteiger partial charge >= 0.3 is 0 Å². The lowest BCUT2D eigenvalue weighted by Crippen LogP contribution is -1.73. The second-order valence-electron chi connectivity index (χ2n) is 2.53. The van der Waals surface area contributed by atoms with Crippen LogP contribution in [0.4, 0.5) is 0 Å². The summed E-state index contributed by atoms with van der Waals surface area (Å²) < 4.78 is 0. The first-order valence-corrected chi connectivity index (χ1v) is 4.63. The van der Waals surface area contributed by atoms with Crippen LogP contribution in [0.1, 0.15) is 0 Å². The molecule has 0 aliphatic heterocycles. The molecule has 0 amide bonds. The van der Waals surface area contributed by atoms with Crippen LogP contribution in [0.25, 0.3) is 11.1 Å².